The number of carbonyl (C=O) groups excluding carboxylic acids is 4. The Hall–Kier alpha value is -8.65. The number of esters is 4. The van der Waals surface area contributed by atoms with Crippen LogP contribution in [0.15, 0.2) is 165 Å². The number of benzene rings is 6. The first-order chi connectivity index (χ1) is 45.4. The number of carbonyl (C=O) groups is 4. The average molecular weight is 1270 g/mol. The second kappa shape index (κ2) is 40.4. The molecule has 1 aliphatic heterocycles. The predicted molar refractivity (Wildman–Crippen MR) is 366 cm³/mol. The number of epoxide rings is 1. The highest BCUT2D eigenvalue weighted by Gasteiger charge is 2.32. The lowest BCUT2D eigenvalue weighted by atomic mass is 9.77. The number of hydrogen-bond donors (Lipinski definition) is 0. The molecule has 1 unspecified atom stereocenters. The van der Waals surface area contributed by atoms with E-state index in [4.69, 9.17) is 33.7 Å². The SMILES string of the molecule is C=CC(=O)OCCCC1CCC(C=CC2CCC(c3ccc(F)c(F)c3)CC2)CC1.C=CC(=O)OCCCCCCCc1ccc(C(=O)Oc2ccc3cc(C#N)ccc3c2)cc1.CCOc1ccc(C#Cc2ccc(CCCCCCCOC(=O)C3CO3)cc2)cc1.[HH].[HH]. The fourth-order valence-electron chi connectivity index (χ4n) is 11.6. The Bertz CT molecular complexity index is 3460. The number of hydrogen-bond acceptors (Lipinski definition) is 11. The van der Waals surface area contributed by atoms with Crippen LogP contribution in [-0.4, -0.2) is 63.0 Å². The van der Waals surface area contributed by atoms with E-state index in [0.717, 1.165) is 135 Å². The number of fused-ring (bicyclic) bond motifs is 1. The van der Waals surface area contributed by atoms with Crippen molar-refractivity contribution in [2.45, 2.75) is 160 Å². The Morgan fingerprint density at radius 2 is 1.06 bits per heavy atom. The van der Waals surface area contributed by atoms with Crippen LogP contribution in [0.1, 0.15) is 188 Å². The number of allylic oxidation sites excluding steroid dienone is 2. The Morgan fingerprint density at radius 1 is 0.559 bits per heavy atom. The summed E-state index contributed by atoms with van der Waals surface area (Å²) in [5.74, 6) is 7.38. The van der Waals surface area contributed by atoms with Gasteiger partial charge < -0.3 is 28.4 Å². The van der Waals surface area contributed by atoms with Crippen LogP contribution in [0.3, 0.4) is 0 Å². The molecule has 1 heterocycles. The zero-order valence-corrected chi connectivity index (χ0v) is 54.1. The molecule has 1 saturated heterocycles. The minimum absolute atomic E-state index is 0. The topological polar surface area (TPSA) is 151 Å². The zero-order chi connectivity index (χ0) is 65.8. The van der Waals surface area contributed by atoms with Crippen molar-refractivity contribution in [3.05, 3.63) is 215 Å². The zero-order valence-electron chi connectivity index (χ0n) is 54.1. The maximum Gasteiger partial charge on any atom is 0.343 e. The minimum atomic E-state index is -0.763. The van der Waals surface area contributed by atoms with E-state index in [2.05, 4.69) is 67.5 Å². The highest BCUT2D eigenvalue weighted by Crippen LogP contribution is 2.38. The molecule has 0 spiro atoms. The molecule has 0 N–H and O–H groups in total. The first-order valence-corrected chi connectivity index (χ1v) is 33.5. The summed E-state index contributed by atoms with van der Waals surface area (Å²) in [7, 11) is 0. The minimum Gasteiger partial charge on any atom is -0.494 e. The summed E-state index contributed by atoms with van der Waals surface area (Å²) in [6.45, 7) is 11.4. The van der Waals surface area contributed by atoms with E-state index in [1.54, 1.807) is 42.5 Å². The van der Waals surface area contributed by atoms with Gasteiger partial charge in [-0.2, -0.15) is 5.26 Å². The lowest BCUT2D eigenvalue weighted by Gasteiger charge is -2.29. The van der Waals surface area contributed by atoms with Crippen molar-refractivity contribution in [3.8, 4) is 29.4 Å². The molecule has 3 aliphatic rings. The lowest BCUT2D eigenvalue weighted by molar-refractivity contribution is -0.145. The summed E-state index contributed by atoms with van der Waals surface area (Å²) in [4.78, 5) is 45.8. The summed E-state index contributed by atoms with van der Waals surface area (Å²) >= 11 is 0. The molecule has 13 heteroatoms. The van der Waals surface area contributed by atoms with Gasteiger partial charge in [0.2, 0.25) is 0 Å². The summed E-state index contributed by atoms with van der Waals surface area (Å²) in [6, 6.07) is 41.2. The number of aryl methyl sites for hydroxylation is 2. The Labute approximate surface area is 552 Å². The summed E-state index contributed by atoms with van der Waals surface area (Å²) in [6.07, 6.45) is 31.2. The number of nitrogens with zero attached hydrogens (tertiary/aromatic N) is 1. The van der Waals surface area contributed by atoms with Crippen LogP contribution in [0.2, 0.25) is 0 Å². The molecule has 494 valence electrons. The van der Waals surface area contributed by atoms with Crippen molar-refractivity contribution in [1.82, 2.24) is 0 Å². The van der Waals surface area contributed by atoms with E-state index in [0.29, 0.717) is 67.7 Å². The normalized spacial score (nSPS) is 17.1. The largest absolute Gasteiger partial charge is 0.494 e. The van der Waals surface area contributed by atoms with Gasteiger partial charge in [0.25, 0.3) is 0 Å². The van der Waals surface area contributed by atoms with E-state index >= 15 is 0 Å². The number of rotatable bonds is 30. The third kappa shape index (κ3) is 26.8. The van der Waals surface area contributed by atoms with Crippen molar-refractivity contribution in [3.63, 3.8) is 0 Å². The maximum absolute atomic E-state index is 13.5. The molecule has 2 aliphatic carbocycles. The summed E-state index contributed by atoms with van der Waals surface area (Å²) in [5.41, 5.74) is 6.59. The molecular weight excluding hydrogens is 1170 g/mol. The van der Waals surface area contributed by atoms with Crippen LogP contribution in [0.5, 0.6) is 11.5 Å². The molecule has 2 saturated carbocycles. The molecule has 1 atom stereocenters. The van der Waals surface area contributed by atoms with Crippen LogP contribution in [0, 0.1) is 52.6 Å². The van der Waals surface area contributed by atoms with Gasteiger partial charge in [-0.15, -0.1) is 0 Å². The second-order valence-electron chi connectivity index (χ2n) is 24.2. The van der Waals surface area contributed by atoms with Gasteiger partial charge in [0.1, 0.15) is 11.5 Å². The van der Waals surface area contributed by atoms with Crippen LogP contribution in [0.4, 0.5) is 8.78 Å². The molecule has 3 fully saturated rings. The van der Waals surface area contributed by atoms with Crippen molar-refractivity contribution >= 4 is 34.6 Å². The Morgan fingerprint density at radius 3 is 1.63 bits per heavy atom. The molecule has 93 heavy (non-hydrogen) atoms. The third-order valence-electron chi connectivity index (χ3n) is 17.2. The van der Waals surface area contributed by atoms with E-state index < -0.39 is 17.6 Å². The molecule has 0 bridgehead atoms. The van der Waals surface area contributed by atoms with Crippen LogP contribution in [0.25, 0.3) is 10.8 Å². The maximum atomic E-state index is 13.5. The fraction of sp³-hybridized carbons (Fsp3) is 0.412. The van der Waals surface area contributed by atoms with Crippen molar-refractivity contribution in [2.75, 3.05) is 33.0 Å². The van der Waals surface area contributed by atoms with Crippen molar-refractivity contribution in [1.29, 1.82) is 5.26 Å². The van der Waals surface area contributed by atoms with E-state index in [1.807, 2.05) is 55.5 Å². The van der Waals surface area contributed by atoms with Crippen molar-refractivity contribution < 1.29 is 59.2 Å². The van der Waals surface area contributed by atoms with Gasteiger partial charge in [0.15, 0.2) is 17.7 Å². The lowest BCUT2D eigenvalue weighted by Crippen LogP contribution is -2.15. The van der Waals surface area contributed by atoms with Gasteiger partial charge >= 0.3 is 23.9 Å². The van der Waals surface area contributed by atoms with Gasteiger partial charge in [-0.25, -0.2) is 28.0 Å². The molecule has 6 aromatic carbocycles. The van der Waals surface area contributed by atoms with Crippen LogP contribution >= 0.6 is 0 Å². The smallest absolute Gasteiger partial charge is 0.343 e. The number of ether oxygens (including phenoxy) is 6. The summed E-state index contributed by atoms with van der Waals surface area (Å²) in [5, 5.41) is 10.8. The number of nitriles is 1. The first-order valence-electron chi connectivity index (χ1n) is 33.5. The number of unbranched alkanes of at least 4 members (excludes halogenated alkanes) is 8. The summed E-state index contributed by atoms with van der Waals surface area (Å²) < 4.78 is 57.6. The monoisotopic (exact) mass is 1270 g/mol. The number of halogens is 2. The molecule has 11 nitrogen and oxygen atoms in total. The highest BCUT2D eigenvalue weighted by atomic mass is 19.2. The van der Waals surface area contributed by atoms with Crippen molar-refractivity contribution in [2.24, 2.45) is 17.8 Å². The predicted octanol–water partition coefficient (Wildman–Crippen LogP) is 18.7. The highest BCUT2D eigenvalue weighted by molar-refractivity contribution is 5.92. The van der Waals surface area contributed by atoms with Crippen LogP contribution < -0.4 is 9.47 Å². The fourth-order valence-corrected chi connectivity index (χ4v) is 11.6. The Balaban J connectivity index is 0.000000256. The van der Waals surface area contributed by atoms with Gasteiger partial charge in [-0.1, -0.05) is 118 Å². The standard InChI is InChI=1S/C28H27NO4.C26H34F2O2.C26H30O4.2H2/c1-2-27(30)32-17-7-5-3-4-6-8-21-9-12-23(13-10-21)28(31)33-26-16-15-24-18-22(20-29)11-14-25(24)19-26;1-2-26(29)30-17-3-4-19-5-7-20(8-6-19)9-10-21-11-13-22(14-12-21)23-15-16-24(27)25(28)18-23;1-2-28-24-17-15-23(16-18-24)14-13-22-11-9-21(10-12-22)8-6-4-3-5-7-19-29-26(27)25-20-30-25;;/h2,9-16,18-19H,1,3-8,17H2;2,9-10,15-16,18-22H,1,3-8,11-14,17H2;9-12,15-18,25H,2-8,19-20H2,1H3;2*1H. The molecule has 9 rings (SSSR count). The molecule has 0 radical (unpaired) electrons. The van der Waals surface area contributed by atoms with Gasteiger partial charge in [0.05, 0.1) is 50.2 Å². The molecule has 6 aromatic rings. The van der Waals surface area contributed by atoms with E-state index in [9.17, 15) is 28.0 Å². The van der Waals surface area contributed by atoms with E-state index in [1.165, 1.54) is 80.4 Å². The molecular formula is C80H95F2NO10. The van der Waals surface area contributed by atoms with Gasteiger partial charge in [0, 0.05) is 26.1 Å². The van der Waals surface area contributed by atoms with E-state index in [-0.39, 0.29) is 26.9 Å². The first kappa shape index (κ1) is 71.8. The third-order valence-corrected chi connectivity index (χ3v) is 17.2. The Kier molecular flexibility index (Phi) is 31.1. The molecule has 0 amide bonds. The average Bonchev–Trinajstić information content (AvgIpc) is 1.88. The van der Waals surface area contributed by atoms with Gasteiger partial charge in [-0.3, -0.25) is 0 Å². The van der Waals surface area contributed by atoms with Gasteiger partial charge in [-0.05, 0) is 246 Å². The quantitative estimate of drug-likeness (QED) is 0.00619. The second-order valence-corrected chi connectivity index (χ2v) is 24.2. The molecule has 0 aromatic heterocycles. The van der Waals surface area contributed by atoms with Crippen LogP contribution in [-0.2, 0) is 46.2 Å².